The van der Waals surface area contributed by atoms with Crippen LogP contribution < -0.4 is 20.7 Å². The Kier molecular flexibility index (Phi) is 7.92. The number of anilines is 1. The van der Waals surface area contributed by atoms with E-state index in [1.54, 1.807) is 12.3 Å². The van der Waals surface area contributed by atoms with Gasteiger partial charge in [0.1, 0.15) is 12.4 Å². The Labute approximate surface area is 153 Å². The van der Waals surface area contributed by atoms with E-state index in [0.29, 0.717) is 37.1 Å². The van der Waals surface area contributed by atoms with Crippen LogP contribution in [0.15, 0.2) is 53.7 Å². The largest absolute Gasteiger partial charge is 0.492 e. The minimum Gasteiger partial charge on any atom is -0.492 e. The van der Waals surface area contributed by atoms with Gasteiger partial charge in [0.2, 0.25) is 5.91 Å². The van der Waals surface area contributed by atoms with Gasteiger partial charge in [-0.1, -0.05) is 12.1 Å². The van der Waals surface area contributed by atoms with Crippen molar-refractivity contribution in [2.45, 2.75) is 20.4 Å². The van der Waals surface area contributed by atoms with Gasteiger partial charge in [0.25, 0.3) is 0 Å². The third kappa shape index (κ3) is 7.21. The summed E-state index contributed by atoms with van der Waals surface area (Å²) in [4.78, 5) is 19.9. The summed E-state index contributed by atoms with van der Waals surface area (Å²) in [5.41, 5.74) is 1.63. The van der Waals surface area contributed by atoms with Gasteiger partial charge in [-0.3, -0.25) is 9.78 Å². The molecular weight excluding hydrogens is 330 g/mol. The molecule has 0 aliphatic carbocycles. The third-order valence-corrected chi connectivity index (χ3v) is 3.29. The molecule has 1 aromatic carbocycles. The Morgan fingerprint density at radius 1 is 1.19 bits per heavy atom. The molecule has 7 nitrogen and oxygen atoms in total. The second kappa shape index (κ2) is 10.7. The Morgan fingerprint density at radius 2 is 2.08 bits per heavy atom. The van der Waals surface area contributed by atoms with Crippen LogP contribution >= 0.6 is 0 Å². The number of ether oxygens (including phenoxy) is 1. The van der Waals surface area contributed by atoms with E-state index in [9.17, 15) is 4.79 Å². The Hall–Kier alpha value is -3.09. The van der Waals surface area contributed by atoms with Gasteiger partial charge in [0, 0.05) is 31.4 Å². The van der Waals surface area contributed by atoms with Crippen molar-refractivity contribution in [2.24, 2.45) is 4.99 Å². The Bertz CT molecular complexity index is 719. The molecule has 0 atom stereocenters. The maximum atomic E-state index is 11.1. The van der Waals surface area contributed by atoms with E-state index in [1.807, 2.05) is 43.3 Å². The summed E-state index contributed by atoms with van der Waals surface area (Å²) >= 11 is 0. The van der Waals surface area contributed by atoms with Crippen molar-refractivity contribution >= 4 is 17.6 Å². The molecule has 1 aromatic heterocycles. The fourth-order valence-electron chi connectivity index (χ4n) is 2.20. The SMILES string of the molecule is CCNC(=NCc1ccccn1)NCCOc1cccc(NC(C)=O)c1. The van der Waals surface area contributed by atoms with Gasteiger partial charge in [0.15, 0.2) is 5.96 Å². The molecular formula is C19H25N5O2. The lowest BCUT2D eigenvalue weighted by Gasteiger charge is -2.12. The molecule has 7 heteroatoms. The second-order valence-corrected chi connectivity index (χ2v) is 5.50. The topological polar surface area (TPSA) is 87.6 Å². The number of nitrogens with one attached hydrogen (secondary N) is 3. The highest BCUT2D eigenvalue weighted by Crippen LogP contribution is 2.16. The first-order chi connectivity index (χ1) is 12.7. The molecule has 0 unspecified atom stereocenters. The smallest absolute Gasteiger partial charge is 0.221 e. The second-order valence-electron chi connectivity index (χ2n) is 5.50. The standard InChI is InChI=1S/C19H25N5O2/c1-3-20-19(23-14-17-7-4-5-10-21-17)22-11-12-26-18-9-6-8-16(13-18)24-15(2)25/h4-10,13H,3,11-12,14H2,1-2H3,(H,24,25)(H2,20,22,23). The number of hydrogen-bond acceptors (Lipinski definition) is 4. The number of amides is 1. The van der Waals surface area contributed by atoms with E-state index in [4.69, 9.17) is 4.74 Å². The highest BCUT2D eigenvalue weighted by molar-refractivity contribution is 5.88. The molecule has 138 valence electrons. The number of benzene rings is 1. The van der Waals surface area contributed by atoms with Gasteiger partial charge >= 0.3 is 0 Å². The highest BCUT2D eigenvalue weighted by atomic mass is 16.5. The van der Waals surface area contributed by atoms with Crippen molar-refractivity contribution < 1.29 is 9.53 Å². The molecule has 0 saturated heterocycles. The Morgan fingerprint density at radius 3 is 2.81 bits per heavy atom. The molecule has 2 rings (SSSR count). The zero-order valence-corrected chi connectivity index (χ0v) is 15.2. The molecule has 0 aliphatic rings. The van der Waals surface area contributed by atoms with Crippen molar-refractivity contribution in [2.75, 3.05) is 25.0 Å². The third-order valence-electron chi connectivity index (χ3n) is 3.29. The number of hydrogen-bond donors (Lipinski definition) is 3. The summed E-state index contributed by atoms with van der Waals surface area (Å²) in [7, 11) is 0. The molecule has 3 N–H and O–H groups in total. The van der Waals surface area contributed by atoms with E-state index >= 15 is 0 Å². The van der Waals surface area contributed by atoms with E-state index < -0.39 is 0 Å². The predicted octanol–water partition coefficient (Wildman–Crippen LogP) is 2.17. The summed E-state index contributed by atoms with van der Waals surface area (Å²) < 4.78 is 5.71. The van der Waals surface area contributed by atoms with Crippen LogP contribution in [0.3, 0.4) is 0 Å². The lowest BCUT2D eigenvalue weighted by molar-refractivity contribution is -0.114. The summed E-state index contributed by atoms with van der Waals surface area (Å²) in [5, 5.41) is 9.15. The van der Waals surface area contributed by atoms with E-state index in [-0.39, 0.29) is 5.91 Å². The average Bonchev–Trinajstić information content (AvgIpc) is 2.64. The van der Waals surface area contributed by atoms with E-state index in [2.05, 4.69) is 25.9 Å². The fourth-order valence-corrected chi connectivity index (χ4v) is 2.20. The molecule has 26 heavy (non-hydrogen) atoms. The molecule has 0 aliphatic heterocycles. The monoisotopic (exact) mass is 355 g/mol. The van der Waals surface area contributed by atoms with Gasteiger partial charge in [0.05, 0.1) is 18.8 Å². The highest BCUT2D eigenvalue weighted by Gasteiger charge is 2.00. The molecule has 1 heterocycles. The van der Waals surface area contributed by atoms with Crippen LogP contribution in [0.2, 0.25) is 0 Å². The van der Waals surface area contributed by atoms with Gasteiger partial charge in [-0.05, 0) is 31.2 Å². The summed E-state index contributed by atoms with van der Waals surface area (Å²) in [6.45, 7) is 5.84. The van der Waals surface area contributed by atoms with Crippen LogP contribution in [0.1, 0.15) is 19.5 Å². The first-order valence-corrected chi connectivity index (χ1v) is 8.60. The minimum atomic E-state index is -0.108. The normalized spacial score (nSPS) is 10.9. The molecule has 1 amide bonds. The summed E-state index contributed by atoms with van der Waals surface area (Å²) in [6.07, 6.45) is 1.76. The van der Waals surface area contributed by atoms with Crippen molar-refractivity contribution in [3.05, 3.63) is 54.4 Å². The van der Waals surface area contributed by atoms with Crippen LogP contribution in [0, 0.1) is 0 Å². The van der Waals surface area contributed by atoms with E-state index in [1.165, 1.54) is 6.92 Å². The lowest BCUT2D eigenvalue weighted by atomic mass is 10.3. The number of rotatable bonds is 8. The van der Waals surface area contributed by atoms with Crippen LogP contribution in [0.5, 0.6) is 5.75 Å². The fraction of sp³-hybridized carbons (Fsp3) is 0.316. The number of aromatic nitrogens is 1. The van der Waals surface area contributed by atoms with Crippen molar-refractivity contribution in [3.8, 4) is 5.75 Å². The van der Waals surface area contributed by atoms with Crippen LogP contribution in [0.4, 0.5) is 5.69 Å². The first-order valence-electron chi connectivity index (χ1n) is 8.60. The average molecular weight is 355 g/mol. The summed E-state index contributed by atoms with van der Waals surface area (Å²) in [6, 6.07) is 13.1. The number of pyridine rings is 1. The first kappa shape index (κ1) is 19.2. The molecule has 0 radical (unpaired) electrons. The number of carbonyl (C=O) groups is 1. The van der Waals surface area contributed by atoms with Crippen LogP contribution in [-0.4, -0.2) is 36.5 Å². The Balaban J connectivity index is 1.79. The van der Waals surface area contributed by atoms with Gasteiger partial charge < -0.3 is 20.7 Å². The van der Waals surface area contributed by atoms with Gasteiger partial charge in [-0.2, -0.15) is 0 Å². The predicted molar refractivity (Wildman–Crippen MR) is 103 cm³/mol. The molecule has 0 fully saturated rings. The van der Waals surface area contributed by atoms with Crippen molar-refractivity contribution in [1.29, 1.82) is 0 Å². The lowest BCUT2D eigenvalue weighted by Crippen LogP contribution is -2.39. The van der Waals surface area contributed by atoms with E-state index in [0.717, 1.165) is 12.2 Å². The molecule has 0 saturated carbocycles. The van der Waals surface area contributed by atoms with Crippen LogP contribution in [0.25, 0.3) is 0 Å². The van der Waals surface area contributed by atoms with Crippen molar-refractivity contribution in [1.82, 2.24) is 15.6 Å². The maximum Gasteiger partial charge on any atom is 0.221 e. The minimum absolute atomic E-state index is 0.108. The van der Waals surface area contributed by atoms with Gasteiger partial charge in [-0.15, -0.1) is 0 Å². The number of aliphatic imine (C=N–C) groups is 1. The molecule has 0 spiro atoms. The van der Waals surface area contributed by atoms with Crippen molar-refractivity contribution in [3.63, 3.8) is 0 Å². The van der Waals surface area contributed by atoms with Gasteiger partial charge in [-0.25, -0.2) is 4.99 Å². The van der Waals surface area contributed by atoms with Crippen LogP contribution in [-0.2, 0) is 11.3 Å². The molecule has 0 bridgehead atoms. The zero-order valence-electron chi connectivity index (χ0n) is 15.2. The molecule has 2 aromatic rings. The quantitative estimate of drug-likeness (QED) is 0.384. The number of nitrogens with zero attached hydrogens (tertiary/aromatic N) is 2. The maximum absolute atomic E-state index is 11.1. The summed E-state index contributed by atoms with van der Waals surface area (Å²) in [5.74, 6) is 1.31. The number of carbonyl (C=O) groups excluding carboxylic acids is 1. The zero-order chi connectivity index (χ0) is 18.6. The number of guanidine groups is 1.